The molecule has 0 aromatic rings. The van der Waals surface area contributed by atoms with Crippen molar-refractivity contribution in [1.82, 2.24) is 4.90 Å². The largest absolute Gasteiger partial charge is 0.299 e. The van der Waals surface area contributed by atoms with Crippen LogP contribution in [0.5, 0.6) is 0 Å². The Morgan fingerprint density at radius 2 is 2.11 bits per heavy atom. The Morgan fingerprint density at radius 3 is 2.94 bits per heavy atom. The second-order valence-corrected chi connectivity index (χ2v) is 7.65. The minimum absolute atomic E-state index is 0.324. The standard InChI is InChI=1S/C16H25NO/c1-10-8-17-9-12-4-3-5-14(18)13-6-11(10)7-15(17)16(12,13)2/h10-13,15H,3-9H2,1-2H3/t10-,11-,12-,13-,15-,16+/m1/s1. The summed E-state index contributed by atoms with van der Waals surface area (Å²) in [7, 11) is 0. The summed E-state index contributed by atoms with van der Waals surface area (Å²) >= 11 is 0. The van der Waals surface area contributed by atoms with Gasteiger partial charge in [-0.2, -0.15) is 0 Å². The molecule has 0 aromatic heterocycles. The minimum Gasteiger partial charge on any atom is -0.299 e. The van der Waals surface area contributed by atoms with Gasteiger partial charge >= 0.3 is 0 Å². The number of nitrogens with zero attached hydrogens (tertiary/aromatic N) is 1. The summed E-state index contributed by atoms with van der Waals surface area (Å²) in [6, 6.07) is 0.726. The van der Waals surface area contributed by atoms with Crippen molar-refractivity contribution in [2.24, 2.45) is 29.1 Å². The molecule has 4 rings (SSSR count). The molecule has 0 N–H and O–H groups in total. The highest BCUT2D eigenvalue weighted by atomic mass is 16.1. The van der Waals surface area contributed by atoms with E-state index in [9.17, 15) is 4.79 Å². The molecular formula is C16H25NO. The third kappa shape index (κ3) is 1.25. The fourth-order valence-corrected chi connectivity index (χ4v) is 5.89. The van der Waals surface area contributed by atoms with Crippen molar-refractivity contribution in [2.75, 3.05) is 13.1 Å². The van der Waals surface area contributed by atoms with Crippen molar-refractivity contribution in [2.45, 2.75) is 52.0 Å². The van der Waals surface area contributed by atoms with Gasteiger partial charge in [-0.1, -0.05) is 13.8 Å². The van der Waals surface area contributed by atoms with Gasteiger partial charge in [0, 0.05) is 31.5 Å². The molecule has 2 nitrogen and oxygen atoms in total. The molecule has 100 valence electrons. The normalized spacial score (nSPS) is 55.4. The number of hydrogen-bond acceptors (Lipinski definition) is 2. The summed E-state index contributed by atoms with van der Waals surface area (Å²) < 4.78 is 0. The van der Waals surface area contributed by atoms with E-state index in [1.807, 2.05) is 0 Å². The van der Waals surface area contributed by atoms with Crippen LogP contribution in [0.1, 0.15) is 46.0 Å². The van der Waals surface area contributed by atoms with Crippen LogP contribution in [0.15, 0.2) is 0 Å². The Labute approximate surface area is 110 Å². The number of carbonyl (C=O) groups excluding carboxylic acids is 1. The predicted octanol–water partition coefficient (Wildman–Crippen LogP) is 2.72. The van der Waals surface area contributed by atoms with Crippen molar-refractivity contribution >= 4 is 5.78 Å². The van der Waals surface area contributed by atoms with Crippen molar-refractivity contribution < 1.29 is 4.79 Å². The number of rotatable bonds is 0. The highest BCUT2D eigenvalue weighted by Gasteiger charge is 2.62. The first-order chi connectivity index (χ1) is 8.60. The molecule has 2 aliphatic heterocycles. The van der Waals surface area contributed by atoms with Gasteiger partial charge in [0.2, 0.25) is 0 Å². The minimum atomic E-state index is 0.324. The first-order valence-electron chi connectivity index (χ1n) is 7.87. The Hall–Kier alpha value is -0.370. The maximum absolute atomic E-state index is 12.5. The fourth-order valence-electron chi connectivity index (χ4n) is 5.89. The molecule has 0 radical (unpaired) electrons. The van der Waals surface area contributed by atoms with Crippen LogP contribution in [0, 0.1) is 29.1 Å². The van der Waals surface area contributed by atoms with Gasteiger partial charge < -0.3 is 0 Å². The molecular weight excluding hydrogens is 222 g/mol. The molecule has 18 heavy (non-hydrogen) atoms. The van der Waals surface area contributed by atoms with Gasteiger partial charge in [-0.25, -0.2) is 0 Å². The van der Waals surface area contributed by atoms with E-state index < -0.39 is 0 Å². The average Bonchev–Trinajstić information content (AvgIpc) is 2.56. The summed E-state index contributed by atoms with van der Waals surface area (Å²) in [4.78, 5) is 15.3. The van der Waals surface area contributed by atoms with Crippen molar-refractivity contribution in [3.05, 3.63) is 0 Å². The topological polar surface area (TPSA) is 20.3 Å². The van der Waals surface area contributed by atoms with Gasteiger partial charge in [0.25, 0.3) is 0 Å². The summed E-state index contributed by atoms with van der Waals surface area (Å²) in [6.45, 7) is 7.44. The predicted molar refractivity (Wildman–Crippen MR) is 71.2 cm³/mol. The quantitative estimate of drug-likeness (QED) is 0.656. The molecule has 4 aliphatic rings. The first-order valence-corrected chi connectivity index (χ1v) is 7.87. The lowest BCUT2D eigenvalue weighted by Crippen LogP contribution is -2.56. The molecule has 0 unspecified atom stereocenters. The van der Waals surface area contributed by atoms with E-state index in [1.54, 1.807) is 0 Å². The smallest absolute Gasteiger partial charge is 0.136 e. The van der Waals surface area contributed by atoms with E-state index in [-0.39, 0.29) is 0 Å². The van der Waals surface area contributed by atoms with Gasteiger partial charge in [-0.15, -0.1) is 0 Å². The molecule has 6 atom stereocenters. The number of carbonyl (C=O) groups is 1. The molecule has 2 bridgehead atoms. The zero-order chi connectivity index (χ0) is 12.5. The van der Waals surface area contributed by atoms with Crippen LogP contribution in [0.4, 0.5) is 0 Å². The van der Waals surface area contributed by atoms with Gasteiger partial charge in [-0.3, -0.25) is 9.69 Å². The number of ketones is 1. The maximum Gasteiger partial charge on any atom is 0.136 e. The van der Waals surface area contributed by atoms with Crippen LogP contribution < -0.4 is 0 Å². The zero-order valence-electron chi connectivity index (χ0n) is 11.7. The zero-order valence-corrected chi connectivity index (χ0v) is 11.7. The number of hydrogen-bond donors (Lipinski definition) is 0. The molecule has 2 heteroatoms. The lowest BCUT2D eigenvalue weighted by Gasteiger charge is -2.53. The number of fused-ring (bicyclic) bond motifs is 1. The van der Waals surface area contributed by atoms with E-state index >= 15 is 0 Å². The Morgan fingerprint density at radius 1 is 1.28 bits per heavy atom. The second kappa shape index (κ2) is 3.59. The average molecular weight is 247 g/mol. The van der Waals surface area contributed by atoms with E-state index in [2.05, 4.69) is 18.7 Å². The number of Topliss-reactive ketones (excluding diaryl/α,β-unsaturated/α-hetero) is 1. The van der Waals surface area contributed by atoms with Crippen LogP contribution >= 0.6 is 0 Å². The lowest BCUT2D eigenvalue weighted by molar-refractivity contribution is -0.134. The lowest BCUT2D eigenvalue weighted by atomic mass is 9.55. The van der Waals surface area contributed by atoms with Gasteiger partial charge in [0.05, 0.1) is 0 Å². The van der Waals surface area contributed by atoms with Gasteiger partial charge in [-0.05, 0) is 48.9 Å². The van der Waals surface area contributed by atoms with Crippen LogP contribution in [0.3, 0.4) is 0 Å². The van der Waals surface area contributed by atoms with E-state index in [1.165, 1.54) is 32.4 Å². The van der Waals surface area contributed by atoms with Crippen LogP contribution in [0.2, 0.25) is 0 Å². The number of piperidine rings is 1. The fraction of sp³-hybridized carbons (Fsp3) is 0.938. The maximum atomic E-state index is 12.5. The molecule has 0 amide bonds. The summed E-state index contributed by atoms with van der Waals surface area (Å²) in [6.07, 6.45) is 5.89. The van der Waals surface area contributed by atoms with Crippen LogP contribution in [-0.2, 0) is 4.79 Å². The van der Waals surface area contributed by atoms with Crippen molar-refractivity contribution in [3.8, 4) is 0 Å². The molecule has 2 heterocycles. The van der Waals surface area contributed by atoms with E-state index in [0.717, 1.165) is 36.6 Å². The monoisotopic (exact) mass is 247 g/mol. The van der Waals surface area contributed by atoms with Crippen molar-refractivity contribution in [1.29, 1.82) is 0 Å². The Bertz CT molecular complexity index is 393. The first kappa shape index (κ1) is 11.5. The highest BCUT2D eigenvalue weighted by molar-refractivity contribution is 5.82. The molecule has 0 aromatic carbocycles. The Kier molecular flexibility index (Phi) is 2.29. The van der Waals surface area contributed by atoms with Crippen molar-refractivity contribution in [3.63, 3.8) is 0 Å². The third-order valence-electron chi connectivity index (χ3n) is 7.00. The second-order valence-electron chi connectivity index (χ2n) is 7.65. The third-order valence-corrected chi connectivity index (χ3v) is 7.00. The molecule has 2 saturated carbocycles. The highest BCUT2D eigenvalue weighted by Crippen LogP contribution is 2.60. The summed E-state index contributed by atoms with van der Waals surface area (Å²) in [5.41, 5.74) is 0.324. The van der Waals surface area contributed by atoms with Gasteiger partial charge in [0.15, 0.2) is 0 Å². The summed E-state index contributed by atoms with van der Waals surface area (Å²) in [5, 5.41) is 0. The van der Waals surface area contributed by atoms with E-state index in [0.29, 0.717) is 17.1 Å². The van der Waals surface area contributed by atoms with E-state index in [4.69, 9.17) is 0 Å². The molecule has 2 aliphatic carbocycles. The summed E-state index contributed by atoms with van der Waals surface area (Å²) in [5.74, 6) is 3.42. The molecule has 4 fully saturated rings. The van der Waals surface area contributed by atoms with Crippen LogP contribution in [-0.4, -0.2) is 29.8 Å². The SMILES string of the molecule is C[C@@H]1CN2C[C@H]3CCCC(=O)[C@H]4C[C@@H]1C[C@@H]2[C@@]34C. The molecule has 2 saturated heterocycles. The van der Waals surface area contributed by atoms with Crippen LogP contribution in [0.25, 0.3) is 0 Å². The Balaban J connectivity index is 1.81. The van der Waals surface area contributed by atoms with Gasteiger partial charge in [0.1, 0.15) is 5.78 Å². The molecule has 0 spiro atoms.